The molecule has 0 saturated carbocycles. The van der Waals surface area contributed by atoms with Crippen LogP contribution < -0.4 is 10.7 Å². The molecule has 0 aliphatic heterocycles. The Labute approximate surface area is 77.5 Å². The number of rotatable bonds is 4. The molecule has 2 N–H and O–H groups in total. The summed E-state index contributed by atoms with van der Waals surface area (Å²) >= 11 is 0. The van der Waals surface area contributed by atoms with Gasteiger partial charge in [-0.3, -0.25) is 4.79 Å². The third kappa shape index (κ3) is 3.25. The van der Waals surface area contributed by atoms with Gasteiger partial charge in [-0.15, -0.1) is 0 Å². The van der Waals surface area contributed by atoms with Gasteiger partial charge in [-0.2, -0.15) is 0 Å². The summed E-state index contributed by atoms with van der Waals surface area (Å²) in [6.45, 7) is 0.932. The lowest BCUT2D eigenvalue weighted by Gasteiger charge is -1.92. The third-order valence-electron chi connectivity index (χ3n) is 1.71. The van der Waals surface area contributed by atoms with Gasteiger partial charge in [0.2, 0.25) is 0 Å². The van der Waals surface area contributed by atoms with Crippen LogP contribution in [0.1, 0.15) is 12.0 Å². The van der Waals surface area contributed by atoms with E-state index in [1.165, 1.54) is 6.07 Å². The number of hydrogen-bond acceptors (Lipinski definition) is 2. The van der Waals surface area contributed by atoms with Crippen molar-refractivity contribution in [3.8, 4) is 0 Å². The summed E-state index contributed by atoms with van der Waals surface area (Å²) in [6, 6.07) is 1.53. The fourth-order valence-electron chi connectivity index (χ4n) is 0.997. The lowest BCUT2D eigenvalue weighted by molar-refractivity contribution is 0.809. The van der Waals surface area contributed by atoms with Crippen molar-refractivity contribution in [2.75, 3.05) is 13.6 Å². The molecule has 0 aromatic carbocycles. The van der Waals surface area contributed by atoms with Crippen LogP contribution in [-0.4, -0.2) is 18.6 Å². The van der Waals surface area contributed by atoms with E-state index >= 15 is 0 Å². The number of aromatic amines is 1. The molecule has 0 bridgehead atoms. The predicted molar refractivity (Wildman–Crippen MR) is 54.6 cm³/mol. The van der Waals surface area contributed by atoms with Crippen LogP contribution in [0, 0.1) is 0 Å². The van der Waals surface area contributed by atoms with E-state index in [1.54, 1.807) is 12.4 Å². The van der Waals surface area contributed by atoms with Crippen LogP contribution in [0.5, 0.6) is 0 Å². The highest BCUT2D eigenvalue weighted by atomic mass is 16.1. The molecule has 0 saturated heterocycles. The van der Waals surface area contributed by atoms with Crippen molar-refractivity contribution < 1.29 is 0 Å². The Hall–Kier alpha value is -1.35. The Kier molecular flexibility index (Phi) is 3.99. The summed E-state index contributed by atoms with van der Waals surface area (Å²) in [5.41, 5.74) is 0.762. The SMILES string of the molecule is CNCCC=Cc1c[nH]ccc1=O. The third-order valence-corrected chi connectivity index (χ3v) is 1.71. The number of nitrogens with one attached hydrogen (secondary N) is 2. The molecule has 3 heteroatoms. The maximum Gasteiger partial charge on any atom is 0.188 e. The number of H-pyrrole nitrogens is 1. The molecule has 0 unspecified atom stereocenters. The molecule has 0 amide bonds. The molecule has 1 aromatic rings. The highest BCUT2D eigenvalue weighted by molar-refractivity contribution is 5.47. The molecular weight excluding hydrogens is 164 g/mol. The van der Waals surface area contributed by atoms with Crippen LogP contribution in [-0.2, 0) is 0 Å². The van der Waals surface area contributed by atoms with Crippen LogP contribution in [0.25, 0.3) is 6.08 Å². The van der Waals surface area contributed by atoms with Crippen LogP contribution >= 0.6 is 0 Å². The molecule has 13 heavy (non-hydrogen) atoms. The minimum Gasteiger partial charge on any atom is -0.367 e. The first kappa shape index (κ1) is 9.74. The monoisotopic (exact) mass is 178 g/mol. The number of hydrogen-bond donors (Lipinski definition) is 2. The van der Waals surface area contributed by atoms with Crippen molar-refractivity contribution in [1.82, 2.24) is 10.3 Å². The molecule has 3 nitrogen and oxygen atoms in total. The molecule has 0 radical (unpaired) electrons. The van der Waals surface area contributed by atoms with Crippen LogP contribution in [0.2, 0.25) is 0 Å². The summed E-state index contributed by atoms with van der Waals surface area (Å²) in [6.07, 6.45) is 8.10. The second kappa shape index (κ2) is 5.32. The Morgan fingerprint density at radius 2 is 2.46 bits per heavy atom. The Balaban J connectivity index is 2.58. The van der Waals surface area contributed by atoms with Crippen molar-refractivity contribution in [3.05, 3.63) is 40.3 Å². The number of aromatic nitrogens is 1. The maximum atomic E-state index is 11.2. The largest absolute Gasteiger partial charge is 0.367 e. The van der Waals surface area contributed by atoms with Crippen molar-refractivity contribution >= 4 is 6.08 Å². The zero-order valence-corrected chi connectivity index (χ0v) is 7.71. The first-order chi connectivity index (χ1) is 6.34. The van der Waals surface area contributed by atoms with Gasteiger partial charge in [0.1, 0.15) is 0 Å². The van der Waals surface area contributed by atoms with Gasteiger partial charge in [0.05, 0.1) is 0 Å². The summed E-state index contributed by atoms with van der Waals surface area (Å²) in [5, 5.41) is 3.03. The summed E-state index contributed by atoms with van der Waals surface area (Å²) in [4.78, 5) is 14.1. The predicted octanol–water partition coefficient (Wildman–Crippen LogP) is 0.998. The zero-order valence-electron chi connectivity index (χ0n) is 7.71. The molecule has 1 aromatic heterocycles. The van der Waals surface area contributed by atoms with E-state index in [1.807, 2.05) is 19.2 Å². The topological polar surface area (TPSA) is 44.9 Å². The summed E-state index contributed by atoms with van der Waals surface area (Å²) in [5.74, 6) is 0. The van der Waals surface area contributed by atoms with Gasteiger partial charge in [0.15, 0.2) is 5.43 Å². The zero-order chi connectivity index (χ0) is 9.52. The molecule has 0 aliphatic rings. The van der Waals surface area contributed by atoms with Crippen molar-refractivity contribution in [3.63, 3.8) is 0 Å². The van der Waals surface area contributed by atoms with Crippen molar-refractivity contribution in [2.24, 2.45) is 0 Å². The molecule has 1 heterocycles. The Morgan fingerprint density at radius 3 is 3.15 bits per heavy atom. The maximum absolute atomic E-state index is 11.2. The van der Waals surface area contributed by atoms with E-state index in [0.717, 1.165) is 13.0 Å². The molecule has 0 atom stereocenters. The van der Waals surface area contributed by atoms with Crippen LogP contribution in [0.15, 0.2) is 29.3 Å². The van der Waals surface area contributed by atoms with Gasteiger partial charge in [0, 0.05) is 24.0 Å². The van der Waals surface area contributed by atoms with Gasteiger partial charge < -0.3 is 10.3 Å². The molecule has 70 valence electrons. The van der Waals surface area contributed by atoms with Crippen molar-refractivity contribution in [1.29, 1.82) is 0 Å². The quantitative estimate of drug-likeness (QED) is 0.675. The second-order valence-corrected chi connectivity index (χ2v) is 2.76. The van der Waals surface area contributed by atoms with E-state index in [2.05, 4.69) is 10.3 Å². The number of pyridine rings is 1. The first-order valence-corrected chi connectivity index (χ1v) is 4.33. The summed E-state index contributed by atoms with van der Waals surface area (Å²) < 4.78 is 0. The minimum absolute atomic E-state index is 0.0551. The summed E-state index contributed by atoms with van der Waals surface area (Å²) in [7, 11) is 1.91. The van der Waals surface area contributed by atoms with Crippen LogP contribution in [0.3, 0.4) is 0 Å². The highest BCUT2D eigenvalue weighted by Gasteiger charge is 1.90. The fourth-order valence-corrected chi connectivity index (χ4v) is 0.997. The highest BCUT2D eigenvalue weighted by Crippen LogP contribution is 1.93. The van der Waals surface area contributed by atoms with E-state index in [9.17, 15) is 4.79 Å². The molecule has 0 aliphatic carbocycles. The molecular formula is C10H14N2O. The second-order valence-electron chi connectivity index (χ2n) is 2.76. The molecule has 1 rings (SSSR count). The van der Waals surface area contributed by atoms with E-state index in [-0.39, 0.29) is 5.43 Å². The lowest BCUT2D eigenvalue weighted by atomic mass is 10.2. The van der Waals surface area contributed by atoms with E-state index in [0.29, 0.717) is 5.56 Å². The van der Waals surface area contributed by atoms with Gasteiger partial charge in [-0.25, -0.2) is 0 Å². The smallest absolute Gasteiger partial charge is 0.188 e. The normalized spacial score (nSPS) is 10.8. The average molecular weight is 178 g/mol. The van der Waals surface area contributed by atoms with Gasteiger partial charge in [-0.1, -0.05) is 12.2 Å². The van der Waals surface area contributed by atoms with E-state index < -0.39 is 0 Å². The van der Waals surface area contributed by atoms with Crippen molar-refractivity contribution in [2.45, 2.75) is 6.42 Å². The minimum atomic E-state index is 0.0551. The standard InChI is InChI=1S/C10H14N2O/c1-11-6-3-2-4-9-8-12-7-5-10(9)13/h2,4-5,7-8,11H,3,6H2,1H3,(H,12,13). The van der Waals surface area contributed by atoms with Gasteiger partial charge in [0.25, 0.3) is 0 Å². The molecule has 0 spiro atoms. The van der Waals surface area contributed by atoms with E-state index in [4.69, 9.17) is 0 Å². The molecule has 0 fully saturated rings. The lowest BCUT2D eigenvalue weighted by Crippen LogP contribution is -2.06. The van der Waals surface area contributed by atoms with Gasteiger partial charge >= 0.3 is 0 Å². The van der Waals surface area contributed by atoms with Gasteiger partial charge in [-0.05, 0) is 20.0 Å². The van der Waals surface area contributed by atoms with Crippen LogP contribution in [0.4, 0.5) is 0 Å². The average Bonchev–Trinajstić information content (AvgIpc) is 2.15. The first-order valence-electron chi connectivity index (χ1n) is 4.33. The Morgan fingerprint density at radius 1 is 1.62 bits per heavy atom. The fraction of sp³-hybridized carbons (Fsp3) is 0.300. The Bertz CT molecular complexity index is 328.